The van der Waals surface area contributed by atoms with Gasteiger partial charge in [0.1, 0.15) is 0 Å². The lowest BCUT2D eigenvalue weighted by Crippen LogP contribution is -2.14. The monoisotopic (exact) mass is 340 g/mol. The van der Waals surface area contributed by atoms with Crippen molar-refractivity contribution in [3.8, 4) is 0 Å². The van der Waals surface area contributed by atoms with Gasteiger partial charge < -0.3 is 4.74 Å². The van der Waals surface area contributed by atoms with Crippen molar-refractivity contribution in [1.82, 2.24) is 9.59 Å². The highest BCUT2D eigenvalue weighted by atomic mass is 79.9. The van der Waals surface area contributed by atoms with Gasteiger partial charge in [-0.05, 0) is 30.6 Å². The van der Waals surface area contributed by atoms with E-state index < -0.39 is 5.97 Å². The third-order valence-electron chi connectivity index (χ3n) is 2.34. The summed E-state index contributed by atoms with van der Waals surface area (Å²) >= 11 is 4.24. The third kappa shape index (κ3) is 3.45. The van der Waals surface area contributed by atoms with Crippen LogP contribution >= 0.6 is 27.5 Å². The summed E-state index contributed by atoms with van der Waals surface area (Å²) in [5, 5.41) is 3.71. The van der Waals surface area contributed by atoms with E-state index in [1.54, 1.807) is 31.2 Å². The Balaban J connectivity index is 1.96. The number of ketones is 1. The fraction of sp³-hybridized carbons (Fsp3) is 0.167. The van der Waals surface area contributed by atoms with Gasteiger partial charge in [0.2, 0.25) is 0 Å². The topological polar surface area (TPSA) is 69.2 Å². The van der Waals surface area contributed by atoms with Crippen LogP contribution in [0.4, 0.5) is 0 Å². The van der Waals surface area contributed by atoms with E-state index in [0.29, 0.717) is 16.1 Å². The summed E-state index contributed by atoms with van der Waals surface area (Å²) < 4.78 is 9.46. The normalized spacial score (nSPS) is 10.2. The zero-order valence-corrected chi connectivity index (χ0v) is 12.3. The van der Waals surface area contributed by atoms with Crippen LogP contribution in [0.15, 0.2) is 28.7 Å². The zero-order valence-electron chi connectivity index (χ0n) is 9.92. The van der Waals surface area contributed by atoms with Crippen molar-refractivity contribution in [3.05, 3.63) is 44.9 Å². The predicted molar refractivity (Wildman–Crippen MR) is 73.4 cm³/mol. The summed E-state index contributed by atoms with van der Waals surface area (Å²) in [7, 11) is 0. The van der Waals surface area contributed by atoms with E-state index in [2.05, 4.69) is 25.5 Å². The van der Waals surface area contributed by atoms with Crippen LogP contribution in [-0.4, -0.2) is 27.9 Å². The highest BCUT2D eigenvalue weighted by Gasteiger charge is 2.16. The van der Waals surface area contributed by atoms with Crippen LogP contribution in [0.2, 0.25) is 0 Å². The summed E-state index contributed by atoms with van der Waals surface area (Å²) in [4.78, 5) is 23.8. The van der Waals surface area contributed by atoms with Gasteiger partial charge in [0.25, 0.3) is 0 Å². The van der Waals surface area contributed by atoms with Crippen molar-refractivity contribution >= 4 is 39.2 Å². The van der Waals surface area contributed by atoms with Crippen molar-refractivity contribution in [2.75, 3.05) is 6.61 Å². The number of carbonyl (C=O) groups excluding carboxylic acids is 2. The van der Waals surface area contributed by atoms with Crippen LogP contribution in [0, 0.1) is 6.92 Å². The molecule has 0 saturated carbocycles. The van der Waals surface area contributed by atoms with Gasteiger partial charge >= 0.3 is 5.97 Å². The molecule has 98 valence electrons. The largest absolute Gasteiger partial charge is 0.453 e. The lowest BCUT2D eigenvalue weighted by Gasteiger charge is -2.03. The number of esters is 1. The lowest BCUT2D eigenvalue weighted by atomic mass is 10.1. The molecule has 0 saturated heterocycles. The molecule has 0 unspecified atom stereocenters. The maximum atomic E-state index is 11.8. The van der Waals surface area contributed by atoms with Crippen molar-refractivity contribution in [3.63, 3.8) is 0 Å². The van der Waals surface area contributed by atoms with Crippen LogP contribution in [0.25, 0.3) is 0 Å². The van der Waals surface area contributed by atoms with Gasteiger partial charge in [-0.3, -0.25) is 4.79 Å². The van der Waals surface area contributed by atoms with Gasteiger partial charge in [-0.1, -0.05) is 32.6 Å². The van der Waals surface area contributed by atoms with E-state index in [-0.39, 0.29) is 12.4 Å². The molecule has 0 fully saturated rings. The van der Waals surface area contributed by atoms with Gasteiger partial charge in [0.15, 0.2) is 17.3 Å². The molecule has 1 aromatic carbocycles. The van der Waals surface area contributed by atoms with E-state index in [0.717, 1.165) is 16.0 Å². The van der Waals surface area contributed by atoms with Gasteiger partial charge in [-0.15, -0.1) is 5.10 Å². The molecule has 0 bridgehead atoms. The number of hydrogen-bond acceptors (Lipinski definition) is 6. The van der Waals surface area contributed by atoms with Crippen molar-refractivity contribution in [2.24, 2.45) is 0 Å². The summed E-state index contributed by atoms with van der Waals surface area (Å²) in [6, 6.07) is 6.85. The van der Waals surface area contributed by atoms with E-state index in [1.807, 2.05) is 0 Å². The first-order chi connectivity index (χ1) is 9.08. The second kappa shape index (κ2) is 6.03. The zero-order chi connectivity index (χ0) is 13.8. The Labute approximate surface area is 121 Å². The van der Waals surface area contributed by atoms with Crippen LogP contribution in [0.5, 0.6) is 0 Å². The minimum atomic E-state index is -0.571. The molecule has 0 aliphatic heterocycles. The molecule has 0 amide bonds. The molecule has 0 spiro atoms. The number of benzene rings is 1. The first-order valence-electron chi connectivity index (χ1n) is 5.33. The van der Waals surface area contributed by atoms with Gasteiger partial charge in [0, 0.05) is 10.0 Å². The first kappa shape index (κ1) is 13.8. The Morgan fingerprint density at radius 1 is 1.32 bits per heavy atom. The summed E-state index contributed by atoms with van der Waals surface area (Å²) in [6.45, 7) is 1.37. The standard InChI is InChI=1S/C12H9BrN2O3S/c1-7-11(19-15-14-7)12(17)18-6-10(16)8-2-4-9(13)5-3-8/h2-5H,6H2,1H3. The molecule has 0 N–H and O–H groups in total. The Morgan fingerprint density at radius 2 is 2.00 bits per heavy atom. The average molecular weight is 341 g/mol. The number of carbonyl (C=O) groups is 2. The second-order valence-corrected chi connectivity index (χ2v) is 5.36. The van der Waals surface area contributed by atoms with Gasteiger partial charge in [-0.2, -0.15) is 0 Å². The average Bonchev–Trinajstić information content (AvgIpc) is 2.83. The number of Topliss-reactive ketones (excluding diaryl/α,β-unsaturated/α-hetero) is 1. The minimum Gasteiger partial charge on any atom is -0.453 e. The van der Waals surface area contributed by atoms with Crippen molar-refractivity contribution in [2.45, 2.75) is 6.92 Å². The minimum absolute atomic E-state index is 0.254. The van der Waals surface area contributed by atoms with E-state index >= 15 is 0 Å². The van der Waals surface area contributed by atoms with Gasteiger partial charge in [-0.25, -0.2) is 4.79 Å². The molecule has 0 radical (unpaired) electrons. The summed E-state index contributed by atoms with van der Waals surface area (Å²) in [6.07, 6.45) is 0. The Kier molecular flexibility index (Phi) is 4.39. The van der Waals surface area contributed by atoms with Crippen LogP contribution in [-0.2, 0) is 4.74 Å². The quantitative estimate of drug-likeness (QED) is 0.632. The first-order valence-corrected chi connectivity index (χ1v) is 6.89. The molecule has 5 nitrogen and oxygen atoms in total. The number of nitrogens with zero attached hydrogens (tertiary/aromatic N) is 2. The molecule has 2 aromatic rings. The maximum Gasteiger partial charge on any atom is 0.352 e. The fourth-order valence-electron chi connectivity index (χ4n) is 1.33. The summed E-state index contributed by atoms with van der Waals surface area (Å²) in [5.41, 5.74) is 1.00. The Morgan fingerprint density at radius 3 is 2.58 bits per heavy atom. The lowest BCUT2D eigenvalue weighted by molar-refractivity contribution is 0.0478. The van der Waals surface area contributed by atoms with E-state index in [1.165, 1.54) is 0 Å². The number of aromatic nitrogens is 2. The Hall–Kier alpha value is -1.60. The molecule has 0 aliphatic rings. The van der Waals surface area contributed by atoms with Crippen molar-refractivity contribution < 1.29 is 14.3 Å². The van der Waals surface area contributed by atoms with Crippen LogP contribution < -0.4 is 0 Å². The number of halogens is 1. The van der Waals surface area contributed by atoms with E-state index in [4.69, 9.17) is 4.74 Å². The Bertz CT molecular complexity index is 610. The van der Waals surface area contributed by atoms with Crippen LogP contribution in [0.3, 0.4) is 0 Å². The number of hydrogen-bond donors (Lipinski definition) is 0. The number of aryl methyl sites for hydroxylation is 1. The molecular weight excluding hydrogens is 332 g/mol. The van der Waals surface area contributed by atoms with Crippen LogP contribution in [0.1, 0.15) is 25.7 Å². The fourth-order valence-corrected chi connectivity index (χ4v) is 2.15. The molecule has 0 atom stereocenters. The SMILES string of the molecule is Cc1nnsc1C(=O)OCC(=O)c1ccc(Br)cc1. The second-order valence-electron chi connectivity index (χ2n) is 3.69. The molecule has 0 aliphatic carbocycles. The number of rotatable bonds is 4. The molecule has 2 rings (SSSR count). The maximum absolute atomic E-state index is 11.8. The molecule has 7 heteroatoms. The third-order valence-corrected chi connectivity index (χ3v) is 3.67. The highest BCUT2D eigenvalue weighted by molar-refractivity contribution is 9.10. The molecule has 19 heavy (non-hydrogen) atoms. The number of ether oxygens (including phenoxy) is 1. The predicted octanol–water partition coefficient (Wildman–Crippen LogP) is 2.65. The highest BCUT2D eigenvalue weighted by Crippen LogP contribution is 2.13. The molecule has 1 heterocycles. The van der Waals surface area contributed by atoms with E-state index in [9.17, 15) is 9.59 Å². The molecule has 1 aromatic heterocycles. The molecular formula is C12H9BrN2O3S. The summed E-state index contributed by atoms with van der Waals surface area (Å²) in [5.74, 6) is -0.825. The van der Waals surface area contributed by atoms with Gasteiger partial charge in [0.05, 0.1) is 5.69 Å². The smallest absolute Gasteiger partial charge is 0.352 e. The van der Waals surface area contributed by atoms with Crippen molar-refractivity contribution in [1.29, 1.82) is 0 Å².